The van der Waals surface area contributed by atoms with Crippen molar-refractivity contribution in [1.82, 2.24) is 9.91 Å². The summed E-state index contributed by atoms with van der Waals surface area (Å²) in [6.07, 6.45) is 3.24. The molecule has 2 aliphatic heterocycles. The standard InChI is InChI=1S/C17H18N4O3/c1-19(2)17(23)15-11(16(22)21(4)18-15)9-10-14-20(3)12-7-5-6-8-13(12)24-14/h5-10H,1-4H3/b11-9+,14-10+. The molecule has 0 aromatic heterocycles. The van der Waals surface area contributed by atoms with E-state index < -0.39 is 0 Å². The van der Waals surface area contributed by atoms with Gasteiger partial charge >= 0.3 is 0 Å². The molecular weight excluding hydrogens is 308 g/mol. The van der Waals surface area contributed by atoms with Crippen LogP contribution in [0, 0.1) is 0 Å². The van der Waals surface area contributed by atoms with Gasteiger partial charge in [0.2, 0.25) is 0 Å². The van der Waals surface area contributed by atoms with Gasteiger partial charge in [-0.1, -0.05) is 12.1 Å². The SMILES string of the molecule is CN(C)C(=O)C1=NN(C)C(=O)/C1=C/C=C1/Oc2ccccc2N1C. The van der Waals surface area contributed by atoms with E-state index in [-0.39, 0.29) is 23.1 Å². The van der Waals surface area contributed by atoms with Crippen LogP contribution < -0.4 is 9.64 Å². The summed E-state index contributed by atoms with van der Waals surface area (Å²) in [5, 5.41) is 5.19. The van der Waals surface area contributed by atoms with Crippen LogP contribution in [0.1, 0.15) is 0 Å². The molecule has 0 unspecified atom stereocenters. The van der Waals surface area contributed by atoms with E-state index in [0.29, 0.717) is 5.88 Å². The zero-order valence-corrected chi connectivity index (χ0v) is 14.0. The zero-order valence-electron chi connectivity index (χ0n) is 14.0. The predicted octanol–water partition coefficient (Wildman–Crippen LogP) is 1.20. The number of hydrogen-bond acceptors (Lipinski definition) is 5. The maximum absolute atomic E-state index is 12.2. The van der Waals surface area contributed by atoms with Crippen molar-refractivity contribution in [2.45, 2.75) is 0 Å². The van der Waals surface area contributed by atoms with Crippen LogP contribution in [0.4, 0.5) is 5.69 Å². The molecule has 0 spiro atoms. The predicted molar refractivity (Wildman–Crippen MR) is 90.5 cm³/mol. The number of rotatable bonds is 2. The van der Waals surface area contributed by atoms with Crippen molar-refractivity contribution in [3.05, 3.63) is 47.9 Å². The highest BCUT2D eigenvalue weighted by Crippen LogP contribution is 2.37. The van der Waals surface area contributed by atoms with Gasteiger partial charge in [0.25, 0.3) is 11.8 Å². The van der Waals surface area contributed by atoms with Crippen LogP contribution in [0.2, 0.25) is 0 Å². The van der Waals surface area contributed by atoms with Crippen LogP contribution in [0.15, 0.2) is 53.0 Å². The molecule has 0 N–H and O–H groups in total. The van der Waals surface area contributed by atoms with Gasteiger partial charge in [0.1, 0.15) is 0 Å². The van der Waals surface area contributed by atoms with Crippen molar-refractivity contribution in [3.8, 4) is 5.75 Å². The number of para-hydroxylation sites is 2. The molecule has 0 radical (unpaired) electrons. The third-order valence-electron chi connectivity index (χ3n) is 3.80. The Kier molecular flexibility index (Phi) is 3.84. The van der Waals surface area contributed by atoms with E-state index in [9.17, 15) is 9.59 Å². The van der Waals surface area contributed by atoms with E-state index in [0.717, 1.165) is 16.4 Å². The second kappa shape index (κ2) is 5.84. The lowest BCUT2D eigenvalue weighted by Crippen LogP contribution is -2.30. The Morgan fingerprint density at radius 1 is 1.21 bits per heavy atom. The molecule has 0 aliphatic carbocycles. The highest BCUT2D eigenvalue weighted by Gasteiger charge is 2.33. The summed E-state index contributed by atoms with van der Waals surface area (Å²) in [7, 11) is 6.63. The number of anilines is 1. The van der Waals surface area contributed by atoms with Crippen molar-refractivity contribution in [1.29, 1.82) is 0 Å². The lowest BCUT2D eigenvalue weighted by molar-refractivity contribution is -0.124. The average Bonchev–Trinajstić information content (AvgIpc) is 3.03. The number of fused-ring (bicyclic) bond motifs is 1. The van der Waals surface area contributed by atoms with Crippen LogP contribution in [0.5, 0.6) is 5.75 Å². The van der Waals surface area contributed by atoms with Gasteiger partial charge in [-0.25, -0.2) is 5.01 Å². The number of benzene rings is 1. The number of allylic oxidation sites excluding steroid dienone is 2. The Morgan fingerprint density at radius 2 is 1.92 bits per heavy atom. The fraction of sp³-hybridized carbons (Fsp3) is 0.235. The number of carbonyl (C=O) groups excluding carboxylic acids is 2. The highest BCUT2D eigenvalue weighted by atomic mass is 16.5. The third kappa shape index (κ3) is 2.54. The van der Waals surface area contributed by atoms with Gasteiger partial charge in [0, 0.05) is 28.2 Å². The van der Waals surface area contributed by atoms with E-state index in [1.165, 1.54) is 11.9 Å². The molecule has 124 valence electrons. The smallest absolute Gasteiger partial charge is 0.276 e. The lowest BCUT2D eigenvalue weighted by atomic mass is 10.1. The summed E-state index contributed by atoms with van der Waals surface area (Å²) in [5.41, 5.74) is 1.31. The second-order valence-electron chi connectivity index (χ2n) is 5.69. The molecule has 7 heteroatoms. The van der Waals surface area contributed by atoms with Crippen molar-refractivity contribution >= 4 is 23.2 Å². The Morgan fingerprint density at radius 3 is 2.58 bits per heavy atom. The van der Waals surface area contributed by atoms with Gasteiger partial charge in [-0.3, -0.25) is 9.59 Å². The molecule has 0 saturated heterocycles. The summed E-state index contributed by atoms with van der Waals surface area (Å²) in [5.74, 6) is 0.678. The van der Waals surface area contributed by atoms with Crippen molar-refractivity contribution in [3.63, 3.8) is 0 Å². The van der Waals surface area contributed by atoms with Crippen LogP contribution in [-0.4, -0.2) is 55.6 Å². The highest BCUT2D eigenvalue weighted by molar-refractivity contribution is 6.52. The van der Waals surface area contributed by atoms with Gasteiger partial charge < -0.3 is 14.5 Å². The molecule has 0 fully saturated rings. The second-order valence-corrected chi connectivity index (χ2v) is 5.69. The molecule has 24 heavy (non-hydrogen) atoms. The van der Waals surface area contributed by atoms with Crippen LogP contribution in [0.25, 0.3) is 0 Å². The van der Waals surface area contributed by atoms with E-state index in [4.69, 9.17) is 4.74 Å². The summed E-state index contributed by atoms with van der Waals surface area (Å²) in [6, 6.07) is 7.64. The van der Waals surface area contributed by atoms with Gasteiger partial charge in [0.15, 0.2) is 17.3 Å². The topological polar surface area (TPSA) is 65.5 Å². The largest absolute Gasteiger partial charge is 0.439 e. The Labute approximate surface area is 140 Å². The quantitative estimate of drug-likeness (QED) is 0.766. The number of likely N-dealkylation sites (N-methyl/N-ethyl adjacent to an activating group) is 1. The van der Waals surface area contributed by atoms with E-state index >= 15 is 0 Å². The summed E-state index contributed by atoms with van der Waals surface area (Å²) in [4.78, 5) is 27.7. The van der Waals surface area contributed by atoms with Crippen LogP contribution >= 0.6 is 0 Å². The summed E-state index contributed by atoms with van der Waals surface area (Å²) < 4.78 is 5.77. The molecule has 2 heterocycles. The third-order valence-corrected chi connectivity index (χ3v) is 3.80. The summed E-state index contributed by atoms with van der Waals surface area (Å²) in [6.45, 7) is 0. The first-order valence-corrected chi connectivity index (χ1v) is 7.41. The fourth-order valence-electron chi connectivity index (χ4n) is 2.47. The maximum atomic E-state index is 12.2. The number of hydrogen-bond donors (Lipinski definition) is 0. The number of nitrogens with zero attached hydrogens (tertiary/aromatic N) is 4. The minimum absolute atomic E-state index is 0.127. The molecule has 0 bridgehead atoms. The fourth-order valence-corrected chi connectivity index (χ4v) is 2.47. The molecule has 1 aromatic rings. The Balaban J connectivity index is 1.92. The molecule has 2 amide bonds. The monoisotopic (exact) mass is 326 g/mol. The normalized spacial score (nSPS) is 19.7. The van der Waals surface area contributed by atoms with Gasteiger partial charge in [-0.2, -0.15) is 5.10 Å². The molecule has 1 aromatic carbocycles. The number of ether oxygens (including phenoxy) is 1. The van der Waals surface area contributed by atoms with Crippen molar-refractivity contribution < 1.29 is 14.3 Å². The first-order chi connectivity index (χ1) is 11.4. The van der Waals surface area contributed by atoms with Gasteiger partial charge in [0.05, 0.1) is 11.3 Å². The minimum atomic E-state index is -0.324. The van der Waals surface area contributed by atoms with Gasteiger partial charge in [-0.05, 0) is 24.3 Å². The van der Waals surface area contributed by atoms with E-state index in [1.54, 1.807) is 26.2 Å². The van der Waals surface area contributed by atoms with Crippen molar-refractivity contribution in [2.24, 2.45) is 5.10 Å². The van der Waals surface area contributed by atoms with E-state index in [1.807, 2.05) is 36.2 Å². The number of hydrazone groups is 1. The van der Waals surface area contributed by atoms with Crippen LogP contribution in [0.3, 0.4) is 0 Å². The lowest BCUT2D eigenvalue weighted by Gasteiger charge is -2.11. The molecule has 0 saturated carbocycles. The molecule has 7 nitrogen and oxygen atoms in total. The Hall–Kier alpha value is -3.09. The first-order valence-electron chi connectivity index (χ1n) is 7.41. The minimum Gasteiger partial charge on any atom is -0.439 e. The zero-order chi connectivity index (χ0) is 17.4. The molecular formula is C17H18N4O3. The van der Waals surface area contributed by atoms with Crippen LogP contribution in [-0.2, 0) is 9.59 Å². The summed E-state index contributed by atoms with van der Waals surface area (Å²) >= 11 is 0. The number of carbonyl (C=O) groups is 2. The maximum Gasteiger partial charge on any atom is 0.276 e. The van der Waals surface area contributed by atoms with E-state index in [2.05, 4.69) is 5.10 Å². The van der Waals surface area contributed by atoms with Gasteiger partial charge in [-0.15, -0.1) is 0 Å². The Bertz CT molecular complexity index is 808. The molecule has 2 aliphatic rings. The molecule has 0 atom stereocenters. The number of amides is 2. The van der Waals surface area contributed by atoms with Crippen molar-refractivity contribution in [2.75, 3.05) is 33.1 Å². The molecule has 3 rings (SSSR count). The average molecular weight is 326 g/mol. The first kappa shape index (κ1) is 15.8.